The van der Waals surface area contributed by atoms with Crippen molar-refractivity contribution < 1.29 is 13.2 Å². The quantitative estimate of drug-likeness (QED) is 0.838. The zero-order valence-corrected chi connectivity index (χ0v) is 12.8. The third-order valence-corrected chi connectivity index (χ3v) is 7.02. The minimum absolute atomic E-state index is 0.178. The molecule has 0 aromatic rings. The van der Waals surface area contributed by atoms with Crippen LogP contribution in [-0.4, -0.2) is 57.4 Å². The van der Waals surface area contributed by atoms with Crippen LogP contribution >= 0.6 is 0 Å². The van der Waals surface area contributed by atoms with Gasteiger partial charge in [-0.15, -0.1) is 0 Å². The van der Waals surface area contributed by atoms with Crippen molar-refractivity contribution in [2.75, 3.05) is 27.3 Å². The number of nitrogens with zero attached hydrogens (tertiary/aromatic N) is 1. The van der Waals surface area contributed by atoms with Gasteiger partial charge in [0.25, 0.3) is 0 Å². The summed E-state index contributed by atoms with van der Waals surface area (Å²) < 4.78 is 32.1. The van der Waals surface area contributed by atoms with Crippen molar-refractivity contribution in [3.8, 4) is 0 Å². The molecule has 0 spiro atoms. The van der Waals surface area contributed by atoms with Crippen LogP contribution in [-0.2, 0) is 14.8 Å². The topological polar surface area (TPSA) is 58.6 Å². The first kappa shape index (κ1) is 15.2. The minimum atomic E-state index is -3.15. The summed E-state index contributed by atoms with van der Waals surface area (Å²) in [6, 6.07) is 0.730. The highest BCUT2D eigenvalue weighted by Gasteiger charge is 2.36. The fourth-order valence-electron chi connectivity index (χ4n) is 3.14. The van der Waals surface area contributed by atoms with E-state index in [0.717, 1.165) is 25.7 Å². The number of rotatable bonds is 4. The monoisotopic (exact) mass is 290 g/mol. The highest BCUT2D eigenvalue weighted by atomic mass is 32.2. The smallest absolute Gasteiger partial charge is 0.217 e. The molecule has 0 amide bonds. The van der Waals surface area contributed by atoms with Crippen LogP contribution in [0.25, 0.3) is 0 Å². The molecule has 1 aliphatic heterocycles. The zero-order chi connectivity index (χ0) is 13.9. The maximum Gasteiger partial charge on any atom is 0.217 e. The van der Waals surface area contributed by atoms with E-state index in [9.17, 15) is 8.42 Å². The van der Waals surface area contributed by atoms with E-state index in [-0.39, 0.29) is 11.3 Å². The van der Waals surface area contributed by atoms with Gasteiger partial charge in [-0.05, 0) is 45.6 Å². The van der Waals surface area contributed by atoms with Gasteiger partial charge in [-0.25, -0.2) is 12.7 Å². The molecule has 1 N–H and O–H groups in total. The molecule has 2 rings (SSSR count). The molecular weight excluding hydrogens is 264 g/mol. The fraction of sp³-hybridized carbons (Fsp3) is 1.00. The minimum Gasteiger partial charge on any atom is -0.381 e. The Bertz CT molecular complexity index is 371. The fourth-order valence-corrected chi connectivity index (χ4v) is 5.03. The Morgan fingerprint density at radius 1 is 1.05 bits per heavy atom. The van der Waals surface area contributed by atoms with Crippen LogP contribution in [0.4, 0.5) is 0 Å². The Morgan fingerprint density at radius 2 is 1.63 bits per heavy atom. The summed E-state index contributed by atoms with van der Waals surface area (Å²) in [5, 5.41) is 3.04. The van der Waals surface area contributed by atoms with Crippen molar-refractivity contribution >= 4 is 10.0 Å². The molecule has 2 aliphatic rings. The zero-order valence-electron chi connectivity index (χ0n) is 12.0. The van der Waals surface area contributed by atoms with Crippen LogP contribution in [0.1, 0.15) is 38.5 Å². The second-order valence-electron chi connectivity index (χ2n) is 5.67. The van der Waals surface area contributed by atoms with Gasteiger partial charge in [0.1, 0.15) is 0 Å². The molecule has 2 fully saturated rings. The summed E-state index contributed by atoms with van der Waals surface area (Å²) in [4.78, 5) is 0. The molecule has 1 heterocycles. The molecule has 1 saturated heterocycles. The SMILES string of the molecule is CNC1CCC(N(C)S(=O)(=O)C2CCOCC2)CC1. The lowest BCUT2D eigenvalue weighted by Crippen LogP contribution is -2.47. The van der Waals surface area contributed by atoms with Crippen LogP contribution in [0.2, 0.25) is 0 Å². The van der Waals surface area contributed by atoms with Crippen molar-refractivity contribution in [1.29, 1.82) is 0 Å². The van der Waals surface area contributed by atoms with Gasteiger partial charge in [0.05, 0.1) is 5.25 Å². The average molecular weight is 290 g/mol. The third kappa shape index (κ3) is 3.48. The number of hydrogen-bond acceptors (Lipinski definition) is 4. The molecule has 5 nitrogen and oxygen atoms in total. The van der Waals surface area contributed by atoms with Crippen LogP contribution in [0.3, 0.4) is 0 Å². The summed E-state index contributed by atoms with van der Waals surface area (Å²) in [5.41, 5.74) is 0. The maximum atomic E-state index is 12.6. The Morgan fingerprint density at radius 3 is 2.16 bits per heavy atom. The Balaban J connectivity index is 1.96. The van der Waals surface area contributed by atoms with Crippen molar-refractivity contribution in [3.63, 3.8) is 0 Å². The summed E-state index contributed by atoms with van der Waals surface area (Å²) in [7, 11) is 0.586. The molecule has 0 unspecified atom stereocenters. The molecule has 0 aromatic carbocycles. The van der Waals surface area contributed by atoms with Gasteiger partial charge in [-0.2, -0.15) is 0 Å². The standard InChI is InChI=1S/C13H26N2O3S/c1-14-11-3-5-12(6-4-11)15(2)19(16,17)13-7-9-18-10-8-13/h11-14H,3-10H2,1-2H3. The highest BCUT2D eigenvalue weighted by molar-refractivity contribution is 7.89. The first-order chi connectivity index (χ1) is 9.05. The van der Waals surface area contributed by atoms with E-state index in [0.29, 0.717) is 32.1 Å². The van der Waals surface area contributed by atoms with E-state index < -0.39 is 10.0 Å². The van der Waals surface area contributed by atoms with Gasteiger partial charge in [-0.1, -0.05) is 0 Å². The molecule has 6 heteroatoms. The van der Waals surface area contributed by atoms with Crippen molar-refractivity contribution in [3.05, 3.63) is 0 Å². The second-order valence-corrected chi connectivity index (χ2v) is 7.94. The van der Waals surface area contributed by atoms with Crippen LogP contribution < -0.4 is 5.32 Å². The van der Waals surface area contributed by atoms with E-state index in [1.54, 1.807) is 11.4 Å². The number of hydrogen-bond donors (Lipinski definition) is 1. The first-order valence-electron chi connectivity index (χ1n) is 7.27. The van der Waals surface area contributed by atoms with Gasteiger partial charge < -0.3 is 10.1 Å². The van der Waals surface area contributed by atoms with Crippen molar-refractivity contribution in [2.45, 2.75) is 55.9 Å². The van der Waals surface area contributed by atoms with Crippen molar-refractivity contribution in [2.24, 2.45) is 0 Å². The van der Waals surface area contributed by atoms with Crippen molar-refractivity contribution in [1.82, 2.24) is 9.62 Å². The Labute approximate surface area is 116 Å². The molecule has 0 atom stereocenters. The van der Waals surface area contributed by atoms with E-state index >= 15 is 0 Å². The first-order valence-corrected chi connectivity index (χ1v) is 8.78. The lowest BCUT2D eigenvalue weighted by Gasteiger charge is -2.36. The predicted octanol–water partition coefficient (Wildman–Crippen LogP) is 0.958. The Kier molecular flexibility index (Phi) is 5.22. The van der Waals surface area contributed by atoms with E-state index in [2.05, 4.69) is 5.32 Å². The molecule has 112 valence electrons. The molecule has 0 bridgehead atoms. The molecule has 0 aromatic heterocycles. The van der Waals surface area contributed by atoms with Crippen LogP contribution in [0.5, 0.6) is 0 Å². The van der Waals surface area contributed by atoms with E-state index in [1.165, 1.54) is 0 Å². The number of sulfonamides is 1. The maximum absolute atomic E-state index is 12.6. The van der Waals surface area contributed by atoms with Gasteiger partial charge in [0, 0.05) is 32.3 Å². The number of nitrogens with one attached hydrogen (secondary N) is 1. The van der Waals surface area contributed by atoms with Crippen LogP contribution in [0.15, 0.2) is 0 Å². The van der Waals surface area contributed by atoms with Gasteiger partial charge >= 0.3 is 0 Å². The highest BCUT2D eigenvalue weighted by Crippen LogP contribution is 2.27. The van der Waals surface area contributed by atoms with Gasteiger partial charge in [0.2, 0.25) is 10.0 Å². The van der Waals surface area contributed by atoms with Gasteiger partial charge in [-0.3, -0.25) is 0 Å². The average Bonchev–Trinajstić information content (AvgIpc) is 2.47. The Hall–Kier alpha value is -0.170. The van der Waals surface area contributed by atoms with E-state index in [1.807, 2.05) is 7.05 Å². The molecule has 0 radical (unpaired) electrons. The number of ether oxygens (including phenoxy) is 1. The largest absolute Gasteiger partial charge is 0.381 e. The molecule has 19 heavy (non-hydrogen) atoms. The van der Waals surface area contributed by atoms with E-state index in [4.69, 9.17) is 4.74 Å². The summed E-state index contributed by atoms with van der Waals surface area (Å²) in [5.74, 6) is 0. The van der Waals surface area contributed by atoms with Gasteiger partial charge in [0.15, 0.2) is 0 Å². The summed E-state index contributed by atoms with van der Waals surface area (Å²) >= 11 is 0. The lowest BCUT2D eigenvalue weighted by molar-refractivity contribution is 0.0967. The van der Waals surface area contributed by atoms with Crippen LogP contribution in [0, 0.1) is 0 Å². The normalized spacial score (nSPS) is 30.7. The lowest BCUT2D eigenvalue weighted by atomic mass is 9.91. The molecular formula is C13H26N2O3S. The predicted molar refractivity (Wildman–Crippen MR) is 75.6 cm³/mol. The molecule has 1 saturated carbocycles. The molecule has 1 aliphatic carbocycles. The second kappa shape index (κ2) is 6.52. The summed E-state index contributed by atoms with van der Waals surface area (Å²) in [6.07, 6.45) is 5.33. The third-order valence-electron chi connectivity index (χ3n) is 4.61. The summed E-state index contributed by atoms with van der Waals surface area (Å²) in [6.45, 7) is 1.15.